The molecule has 7 heteroatoms. The lowest BCUT2D eigenvalue weighted by Crippen LogP contribution is -2.44. The summed E-state index contributed by atoms with van der Waals surface area (Å²) >= 11 is 0. The molecule has 0 atom stereocenters. The van der Waals surface area contributed by atoms with Crippen molar-refractivity contribution >= 4 is 34.6 Å². The van der Waals surface area contributed by atoms with Gasteiger partial charge in [0, 0.05) is 29.8 Å². The van der Waals surface area contributed by atoms with E-state index in [2.05, 4.69) is 57.1 Å². The highest BCUT2D eigenvalue weighted by molar-refractivity contribution is 6.05. The number of carbonyl (C=O) groups excluding carboxylic acids is 2. The Kier molecular flexibility index (Phi) is 5.17. The first-order chi connectivity index (χ1) is 17.1. The molecule has 35 heavy (non-hydrogen) atoms. The van der Waals surface area contributed by atoms with Crippen LogP contribution in [0.3, 0.4) is 0 Å². The van der Waals surface area contributed by atoms with Crippen LogP contribution in [-0.2, 0) is 16.6 Å². The third-order valence-corrected chi connectivity index (χ3v) is 7.23. The molecule has 174 valence electrons. The number of nitrogens with zero attached hydrogens (tertiary/aromatic N) is 3. The van der Waals surface area contributed by atoms with Gasteiger partial charge >= 0.3 is 0 Å². The fraction of sp³-hybridized carbons (Fsp3) is 0.214. The number of allylic oxidation sites excluding steroid dienone is 1. The van der Waals surface area contributed by atoms with Crippen LogP contribution in [0.1, 0.15) is 39.9 Å². The zero-order chi connectivity index (χ0) is 23.8. The number of hydrogen-bond acceptors (Lipinski definition) is 4. The molecule has 1 spiro atoms. The van der Waals surface area contributed by atoms with Crippen LogP contribution in [0, 0.1) is 0 Å². The Bertz CT molecular complexity index is 1450. The Morgan fingerprint density at radius 2 is 1.71 bits per heavy atom. The van der Waals surface area contributed by atoms with E-state index in [0.29, 0.717) is 28.7 Å². The van der Waals surface area contributed by atoms with Gasteiger partial charge in [-0.2, -0.15) is 15.4 Å². The molecule has 0 unspecified atom stereocenters. The van der Waals surface area contributed by atoms with Crippen molar-refractivity contribution in [2.24, 2.45) is 0 Å². The second kappa shape index (κ2) is 8.51. The van der Waals surface area contributed by atoms with Gasteiger partial charge in [0.15, 0.2) is 0 Å². The van der Waals surface area contributed by atoms with E-state index in [-0.39, 0.29) is 17.2 Å². The van der Waals surface area contributed by atoms with Gasteiger partial charge in [-0.25, -0.2) is 0 Å². The summed E-state index contributed by atoms with van der Waals surface area (Å²) in [6.45, 7) is 1.53. The minimum atomic E-state index is -0.219. The predicted molar refractivity (Wildman–Crippen MR) is 135 cm³/mol. The number of rotatable bonds is 4. The quantitative estimate of drug-likeness (QED) is 0.471. The molecule has 2 N–H and O–H groups in total. The van der Waals surface area contributed by atoms with Crippen LogP contribution in [0.15, 0.2) is 72.8 Å². The zero-order valence-corrected chi connectivity index (χ0v) is 19.2. The third kappa shape index (κ3) is 3.99. The molecule has 2 amide bonds. The highest BCUT2D eigenvalue weighted by atomic mass is 16.2. The number of aromatic nitrogens is 3. The molecule has 6 rings (SSSR count). The molecule has 2 aliphatic rings. The molecule has 2 heterocycles. The maximum atomic E-state index is 13.0. The van der Waals surface area contributed by atoms with Gasteiger partial charge in [-0.15, -0.1) is 0 Å². The number of aromatic amines is 1. The van der Waals surface area contributed by atoms with Crippen LogP contribution >= 0.6 is 0 Å². The van der Waals surface area contributed by atoms with Crippen LogP contribution in [0.2, 0.25) is 0 Å². The standard InChI is InChI=1S/C28H25N5O2/c34-26(33-15-13-28(14-16-33)12-11-20-3-1-2-4-23(20)28)17-19-5-8-22(9-6-19)29-27(35)21-7-10-24-25(18-21)31-32-30-24/h1-12,18H,13-17H2,(H,29,35)(H,30,31,32). The maximum Gasteiger partial charge on any atom is 0.255 e. The van der Waals surface area contributed by atoms with Gasteiger partial charge in [0.25, 0.3) is 5.91 Å². The fourth-order valence-corrected chi connectivity index (χ4v) is 5.20. The topological polar surface area (TPSA) is 91.0 Å². The van der Waals surface area contributed by atoms with Crippen molar-refractivity contribution in [2.75, 3.05) is 18.4 Å². The van der Waals surface area contributed by atoms with E-state index in [9.17, 15) is 9.59 Å². The number of H-pyrrole nitrogens is 1. The van der Waals surface area contributed by atoms with Crippen molar-refractivity contribution in [2.45, 2.75) is 24.7 Å². The van der Waals surface area contributed by atoms with Crippen LogP contribution < -0.4 is 5.32 Å². The van der Waals surface area contributed by atoms with Crippen molar-refractivity contribution in [3.63, 3.8) is 0 Å². The molecule has 0 saturated carbocycles. The van der Waals surface area contributed by atoms with E-state index in [1.807, 2.05) is 29.2 Å². The van der Waals surface area contributed by atoms with Crippen molar-refractivity contribution in [3.05, 3.63) is 95.1 Å². The lowest BCUT2D eigenvalue weighted by atomic mass is 9.74. The Morgan fingerprint density at radius 1 is 0.943 bits per heavy atom. The first-order valence-corrected chi connectivity index (χ1v) is 11.9. The Hall–Kier alpha value is -4.26. The molecule has 1 aliphatic carbocycles. The Balaban J connectivity index is 1.05. The van der Waals surface area contributed by atoms with E-state index in [0.717, 1.165) is 31.5 Å². The van der Waals surface area contributed by atoms with Crippen LogP contribution in [0.5, 0.6) is 0 Å². The van der Waals surface area contributed by atoms with Crippen LogP contribution in [0.25, 0.3) is 17.1 Å². The average molecular weight is 464 g/mol. The molecular weight excluding hydrogens is 438 g/mol. The lowest BCUT2D eigenvalue weighted by Gasteiger charge is -2.39. The average Bonchev–Trinajstić information content (AvgIpc) is 3.50. The Labute approximate surface area is 202 Å². The summed E-state index contributed by atoms with van der Waals surface area (Å²) in [5.74, 6) is -0.0729. The summed E-state index contributed by atoms with van der Waals surface area (Å²) in [6.07, 6.45) is 6.82. The van der Waals surface area contributed by atoms with Gasteiger partial charge < -0.3 is 10.2 Å². The summed E-state index contributed by atoms with van der Waals surface area (Å²) < 4.78 is 0. The molecule has 1 fully saturated rings. The van der Waals surface area contributed by atoms with E-state index in [1.54, 1.807) is 18.2 Å². The number of likely N-dealkylation sites (tertiary alicyclic amines) is 1. The van der Waals surface area contributed by atoms with Gasteiger partial charge in [0.2, 0.25) is 5.91 Å². The highest BCUT2D eigenvalue weighted by Crippen LogP contribution is 2.43. The smallest absolute Gasteiger partial charge is 0.255 e. The SMILES string of the molecule is O=C(Nc1ccc(CC(=O)N2CCC3(C=Cc4ccccc43)CC2)cc1)c1ccc2n[nH]nc2c1. The van der Waals surface area contributed by atoms with E-state index >= 15 is 0 Å². The van der Waals surface area contributed by atoms with Crippen LogP contribution in [-0.4, -0.2) is 45.2 Å². The molecule has 1 aliphatic heterocycles. The fourth-order valence-electron chi connectivity index (χ4n) is 5.20. The minimum Gasteiger partial charge on any atom is -0.342 e. The molecule has 7 nitrogen and oxygen atoms in total. The first kappa shape index (κ1) is 21.3. The van der Waals surface area contributed by atoms with Gasteiger partial charge in [-0.1, -0.05) is 48.6 Å². The monoisotopic (exact) mass is 463 g/mol. The third-order valence-electron chi connectivity index (χ3n) is 7.23. The lowest BCUT2D eigenvalue weighted by molar-refractivity contribution is -0.131. The number of benzene rings is 3. The summed E-state index contributed by atoms with van der Waals surface area (Å²) in [5.41, 5.74) is 6.25. The van der Waals surface area contributed by atoms with E-state index < -0.39 is 0 Å². The van der Waals surface area contributed by atoms with E-state index in [1.165, 1.54) is 11.1 Å². The minimum absolute atomic E-state index is 0.0748. The zero-order valence-electron chi connectivity index (χ0n) is 19.2. The van der Waals surface area contributed by atoms with Gasteiger partial charge in [0.05, 0.1) is 6.42 Å². The molecular formula is C28H25N5O2. The summed E-state index contributed by atoms with van der Waals surface area (Å²) in [4.78, 5) is 27.6. The molecule has 1 aromatic heterocycles. The van der Waals surface area contributed by atoms with Crippen molar-refractivity contribution < 1.29 is 9.59 Å². The number of nitrogens with one attached hydrogen (secondary N) is 2. The highest BCUT2D eigenvalue weighted by Gasteiger charge is 2.38. The first-order valence-electron chi connectivity index (χ1n) is 11.9. The van der Waals surface area contributed by atoms with Crippen molar-refractivity contribution in [1.29, 1.82) is 0 Å². The second-order valence-electron chi connectivity index (χ2n) is 9.31. The maximum absolute atomic E-state index is 13.0. The predicted octanol–water partition coefficient (Wildman–Crippen LogP) is 4.34. The summed E-state index contributed by atoms with van der Waals surface area (Å²) in [7, 11) is 0. The summed E-state index contributed by atoms with van der Waals surface area (Å²) in [6, 6.07) is 21.2. The summed E-state index contributed by atoms with van der Waals surface area (Å²) in [5, 5.41) is 13.5. The number of carbonyl (C=O) groups is 2. The van der Waals surface area contributed by atoms with Gasteiger partial charge in [-0.3, -0.25) is 9.59 Å². The van der Waals surface area contributed by atoms with Crippen molar-refractivity contribution in [3.8, 4) is 0 Å². The van der Waals surface area contributed by atoms with Gasteiger partial charge in [0.1, 0.15) is 11.0 Å². The Morgan fingerprint density at radius 3 is 2.54 bits per heavy atom. The number of hydrogen-bond donors (Lipinski definition) is 2. The number of anilines is 1. The second-order valence-corrected chi connectivity index (χ2v) is 9.31. The van der Waals surface area contributed by atoms with Crippen LogP contribution in [0.4, 0.5) is 5.69 Å². The molecule has 0 radical (unpaired) electrons. The molecule has 1 saturated heterocycles. The molecule has 0 bridgehead atoms. The largest absolute Gasteiger partial charge is 0.342 e. The van der Waals surface area contributed by atoms with E-state index in [4.69, 9.17) is 0 Å². The van der Waals surface area contributed by atoms with Gasteiger partial charge in [-0.05, 0) is 59.9 Å². The molecule has 3 aromatic carbocycles. The molecule has 4 aromatic rings. The number of amides is 2. The normalized spacial score (nSPS) is 15.9. The number of fused-ring (bicyclic) bond motifs is 3. The van der Waals surface area contributed by atoms with Crippen molar-refractivity contribution in [1.82, 2.24) is 20.3 Å². The number of piperidine rings is 1.